The third kappa shape index (κ3) is 3.28. The average Bonchev–Trinajstić information content (AvgIpc) is 2.64. The molecular formula is C11H19N3O5S. The van der Waals surface area contributed by atoms with E-state index in [0.717, 1.165) is 0 Å². The van der Waals surface area contributed by atoms with Crippen molar-refractivity contribution in [2.24, 2.45) is 5.92 Å². The summed E-state index contributed by atoms with van der Waals surface area (Å²) >= 11 is 0. The van der Waals surface area contributed by atoms with E-state index in [2.05, 4.69) is 5.32 Å². The SMILES string of the molecule is O=C1CCN(S(=O)(=O)N2CCC(C(=O)O)CC2)CCN1. The fraction of sp³-hybridized carbons (Fsp3) is 0.818. The highest BCUT2D eigenvalue weighted by Gasteiger charge is 2.35. The molecule has 8 nitrogen and oxygen atoms in total. The number of amides is 1. The molecule has 2 heterocycles. The van der Waals surface area contributed by atoms with Crippen LogP contribution in [0.25, 0.3) is 0 Å². The number of hydrogen-bond donors (Lipinski definition) is 2. The Labute approximate surface area is 117 Å². The number of nitrogens with one attached hydrogen (secondary N) is 1. The molecule has 0 aromatic carbocycles. The Morgan fingerprint density at radius 3 is 2.35 bits per heavy atom. The molecule has 0 aliphatic carbocycles. The molecule has 0 aromatic heterocycles. The zero-order valence-corrected chi connectivity index (χ0v) is 11.9. The summed E-state index contributed by atoms with van der Waals surface area (Å²) in [6, 6.07) is 0. The van der Waals surface area contributed by atoms with Crippen LogP contribution in [0.4, 0.5) is 0 Å². The predicted molar refractivity (Wildman–Crippen MR) is 70.1 cm³/mol. The molecule has 2 rings (SSSR count). The molecule has 0 spiro atoms. The van der Waals surface area contributed by atoms with Gasteiger partial charge in [-0.1, -0.05) is 0 Å². The van der Waals surface area contributed by atoms with Crippen molar-refractivity contribution in [3.05, 3.63) is 0 Å². The van der Waals surface area contributed by atoms with E-state index >= 15 is 0 Å². The van der Waals surface area contributed by atoms with E-state index in [0.29, 0.717) is 19.4 Å². The third-order valence-corrected chi connectivity index (χ3v) is 5.76. The smallest absolute Gasteiger partial charge is 0.306 e. The van der Waals surface area contributed by atoms with Gasteiger partial charge in [0.15, 0.2) is 0 Å². The van der Waals surface area contributed by atoms with Crippen LogP contribution in [0.3, 0.4) is 0 Å². The Morgan fingerprint density at radius 2 is 1.75 bits per heavy atom. The third-order valence-electron chi connectivity index (χ3n) is 3.73. The van der Waals surface area contributed by atoms with Crippen LogP contribution in [0.15, 0.2) is 0 Å². The number of carboxylic acid groups (broad SMARTS) is 1. The maximum Gasteiger partial charge on any atom is 0.306 e. The van der Waals surface area contributed by atoms with Gasteiger partial charge in [-0.05, 0) is 12.8 Å². The van der Waals surface area contributed by atoms with Gasteiger partial charge in [0.2, 0.25) is 5.91 Å². The first-order valence-electron chi connectivity index (χ1n) is 6.66. The van der Waals surface area contributed by atoms with Crippen LogP contribution >= 0.6 is 0 Å². The number of rotatable bonds is 3. The van der Waals surface area contributed by atoms with Gasteiger partial charge in [0, 0.05) is 39.1 Å². The molecule has 0 atom stereocenters. The summed E-state index contributed by atoms with van der Waals surface area (Å²) in [5, 5.41) is 11.5. The van der Waals surface area contributed by atoms with Gasteiger partial charge >= 0.3 is 5.97 Å². The monoisotopic (exact) mass is 305 g/mol. The Balaban J connectivity index is 2.00. The zero-order chi connectivity index (χ0) is 14.8. The average molecular weight is 305 g/mol. The summed E-state index contributed by atoms with van der Waals surface area (Å²) in [4.78, 5) is 22.1. The van der Waals surface area contributed by atoms with Gasteiger partial charge in [0.1, 0.15) is 0 Å². The topological polar surface area (TPSA) is 107 Å². The molecule has 0 unspecified atom stereocenters. The number of hydrogen-bond acceptors (Lipinski definition) is 4. The highest BCUT2D eigenvalue weighted by atomic mass is 32.2. The summed E-state index contributed by atoms with van der Waals surface area (Å²) in [7, 11) is -3.60. The molecule has 2 aliphatic heterocycles. The van der Waals surface area contributed by atoms with Gasteiger partial charge < -0.3 is 10.4 Å². The van der Waals surface area contributed by atoms with Crippen LogP contribution in [-0.4, -0.2) is 66.7 Å². The summed E-state index contributed by atoms with van der Waals surface area (Å²) in [5.74, 6) is -1.48. The van der Waals surface area contributed by atoms with E-state index < -0.39 is 22.1 Å². The van der Waals surface area contributed by atoms with E-state index in [1.807, 2.05) is 0 Å². The first-order chi connectivity index (χ1) is 9.41. The minimum absolute atomic E-state index is 0.146. The highest BCUT2D eigenvalue weighted by molar-refractivity contribution is 7.86. The number of carbonyl (C=O) groups excluding carboxylic acids is 1. The number of piperidine rings is 1. The second kappa shape index (κ2) is 6.06. The number of carboxylic acids is 1. The number of nitrogens with zero attached hydrogens (tertiary/aromatic N) is 2. The van der Waals surface area contributed by atoms with Gasteiger partial charge in [0.25, 0.3) is 10.2 Å². The van der Waals surface area contributed by atoms with Crippen LogP contribution < -0.4 is 5.32 Å². The van der Waals surface area contributed by atoms with E-state index in [1.54, 1.807) is 0 Å². The molecule has 0 bridgehead atoms. The van der Waals surface area contributed by atoms with Crippen molar-refractivity contribution < 1.29 is 23.1 Å². The molecular weight excluding hydrogens is 286 g/mol. The maximum atomic E-state index is 12.4. The standard InChI is InChI=1S/C11H19N3O5S/c15-10-3-7-14(8-4-12-10)20(18,19)13-5-1-9(2-6-13)11(16)17/h9H,1-8H2,(H,12,15)(H,16,17). The summed E-state index contributed by atoms with van der Waals surface area (Å²) < 4.78 is 27.5. The normalized spacial score (nSPS) is 24.1. The van der Waals surface area contributed by atoms with E-state index in [9.17, 15) is 18.0 Å². The molecule has 0 radical (unpaired) electrons. The highest BCUT2D eigenvalue weighted by Crippen LogP contribution is 2.21. The lowest BCUT2D eigenvalue weighted by Crippen LogP contribution is -2.48. The second-order valence-corrected chi connectivity index (χ2v) is 6.95. The lowest BCUT2D eigenvalue weighted by Gasteiger charge is -2.33. The van der Waals surface area contributed by atoms with E-state index in [4.69, 9.17) is 5.11 Å². The Bertz CT molecular complexity index is 484. The molecule has 1 amide bonds. The Kier molecular flexibility index (Phi) is 4.61. The Hall–Kier alpha value is -1.19. The van der Waals surface area contributed by atoms with Crippen molar-refractivity contribution in [2.75, 3.05) is 32.7 Å². The quantitative estimate of drug-likeness (QED) is 0.684. The molecule has 0 saturated carbocycles. The summed E-state index contributed by atoms with van der Waals surface area (Å²) in [5.41, 5.74) is 0. The first kappa shape index (κ1) is 15.2. The van der Waals surface area contributed by atoms with Gasteiger partial charge in [-0.25, -0.2) is 0 Å². The molecule has 2 saturated heterocycles. The fourth-order valence-corrected chi connectivity index (χ4v) is 4.12. The first-order valence-corrected chi connectivity index (χ1v) is 8.05. The lowest BCUT2D eigenvalue weighted by molar-refractivity contribution is -0.143. The maximum absolute atomic E-state index is 12.4. The minimum atomic E-state index is -3.60. The van der Waals surface area contributed by atoms with Crippen molar-refractivity contribution >= 4 is 22.1 Å². The molecule has 0 aromatic rings. The van der Waals surface area contributed by atoms with Crippen molar-refractivity contribution in [3.63, 3.8) is 0 Å². The number of carbonyl (C=O) groups is 2. The van der Waals surface area contributed by atoms with Gasteiger partial charge in [0.05, 0.1) is 5.92 Å². The summed E-state index contributed by atoms with van der Waals surface area (Å²) in [6.45, 7) is 1.18. The minimum Gasteiger partial charge on any atom is -0.481 e. The molecule has 2 aliphatic rings. The largest absolute Gasteiger partial charge is 0.481 e. The van der Waals surface area contributed by atoms with Crippen molar-refractivity contribution in [1.29, 1.82) is 0 Å². The van der Waals surface area contributed by atoms with Crippen LogP contribution in [0.2, 0.25) is 0 Å². The van der Waals surface area contributed by atoms with Crippen molar-refractivity contribution in [3.8, 4) is 0 Å². The second-order valence-electron chi connectivity index (χ2n) is 5.02. The predicted octanol–water partition coefficient (Wildman–Crippen LogP) is -1.15. The van der Waals surface area contributed by atoms with Crippen molar-refractivity contribution in [2.45, 2.75) is 19.3 Å². The van der Waals surface area contributed by atoms with Crippen molar-refractivity contribution in [1.82, 2.24) is 13.9 Å². The lowest BCUT2D eigenvalue weighted by atomic mass is 9.99. The summed E-state index contributed by atoms with van der Waals surface area (Å²) in [6.07, 6.45) is 0.823. The molecule has 9 heteroatoms. The fourth-order valence-electron chi connectivity index (χ4n) is 2.47. The van der Waals surface area contributed by atoms with Gasteiger partial charge in [-0.3, -0.25) is 9.59 Å². The van der Waals surface area contributed by atoms with Crippen LogP contribution in [-0.2, 0) is 19.8 Å². The van der Waals surface area contributed by atoms with E-state index in [-0.39, 0.29) is 38.5 Å². The van der Waals surface area contributed by atoms with Crippen LogP contribution in [0.1, 0.15) is 19.3 Å². The molecule has 2 fully saturated rings. The Morgan fingerprint density at radius 1 is 1.15 bits per heavy atom. The zero-order valence-electron chi connectivity index (χ0n) is 11.1. The van der Waals surface area contributed by atoms with Gasteiger partial charge in [-0.15, -0.1) is 0 Å². The van der Waals surface area contributed by atoms with Crippen LogP contribution in [0.5, 0.6) is 0 Å². The van der Waals surface area contributed by atoms with Crippen LogP contribution in [0, 0.1) is 5.92 Å². The molecule has 114 valence electrons. The van der Waals surface area contributed by atoms with E-state index in [1.165, 1.54) is 8.61 Å². The molecule has 2 N–H and O–H groups in total. The van der Waals surface area contributed by atoms with Gasteiger partial charge in [-0.2, -0.15) is 17.0 Å². The number of aliphatic carboxylic acids is 1. The molecule has 20 heavy (non-hydrogen) atoms.